The number of hydrogen-bond donors (Lipinski definition) is 0. The lowest BCUT2D eigenvalue weighted by Gasteiger charge is -2.42. The molecule has 0 spiro atoms. The molecule has 0 unspecified atom stereocenters. The molecule has 0 bridgehead atoms. The SMILES string of the molecule is COc1c(COC(C)=O)c(CC(=O)CO[Si](c2ccccc2)(c2ccccc2)C(C)(C)C)cc(COC(C)=O)c1OCc1ccccc1. The molecule has 0 amide bonds. The highest BCUT2D eigenvalue weighted by atomic mass is 28.4. The molecule has 0 heterocycles. The lowest BCUT2D eigenvalue weighted by molar-refractivity contribution is -0.143. The summed E-state index contributed by atoms with van der Waals surface area (Å²) in [5.41, 5.74) is 2.47. The van der Waals surface area contributed by atoms with E-state index in [1.807, 2.05) is 66.7 Å². The van der Waals surface area contributed by atoms with Gasteiger partial charge in [-0.1, -0.05) is 112 Å². The van der Waals surface area contributed by atoms with E-state index in [2.05, 4.69) is 45.0 Å². The van der Waals surface area contributed by atoms with Crippen LogP contribution in [0.4, 0.5) is 0 Å². The molecule has 4 aromatic carbocycles. The molecule has 0 N–H and O–H groups in total. The highest BCUT2D eigenvalue weighted by Crippen LogP contribution is 2.40. The summed E-state index contributed by atoms with van der Waals surface area (Å²) in [6, 6.07) is 31.6. The summed E-state index contributed by atoms with van der Waals surface area (Å²) in [5, 5.41) is 1.82. The fraction of sp³-hybridized carbons (Fsp3) is 0.308. The molecule has 0 fully saturated rings. The van der Waals surface area contributed by atoms with E-state index in [1.165, 1.54) is 21.0 Å². The fourth-order valence-electron chi connectivity index (χ4n) is 5.89. The average molecular weight is 669 g/mol. The van der Waals surface area contributed by atoms with Crippen LogP contribution in [0.25, 0.3) is 0 Å². The van der Waals surface area contributed by atoms with Gasteiger partial charge in [-0.2, -0.15) is 0 Å². The van der Waals surface area contributed by atoms with Crippen molar-refractivity contribution in [2.75, 3.05) is 13.7 Å². The Morgan fingerprint density at radius 1 is 0.667 bits per heavy atom. The van der Waals surface area contributed by atoms with E-state index in [0.717, 1.165) is 15.9 Å². The largest absolute Gasteiger partial charge is 0.492 e. The maximum atomic E-state index is 13.9. The maximum absolute atomic E-state index is 13.9. The van der Waals surface area contributed by atoms with Crippen LogP contribution >= 0.6 is 0 Å². The third-order valence-corrected chi connectivity index (χ3v) is 13.0. The number of esters is 2. The van der Waals surface area contributed by atoms with Crippen LogP contribution in [0.1, 0.15) is 56.9 Å². The van der Waals surface area contributed by atoms with Gasteiger partial charge in [-0.25, -0.2) is 0 Å². The number of methoxy groups -OCH3 is 1. The van der Waals surface area contributed by atoms with Crippen molar-refractivity contribution in [2.45, 2.75) is 65.9 Å². The topological polar surface area (TPSA) is 97.4 Å². The summed E-state index contributed by atoms with van der Waals surface area (Å²) < 4.78 is 29.8. The second-order valence-corrected chi connectivity index (χ2v) is 16.8. The predicted molar refractivity (Wildman–Crippen MR) is 187 cm³/mol. The lowest BCUT2D eigenvalue weighted by Crippen LogP contribution is -2.67. The fourth-order valence-corrected chi connectivity index (χ4v) is 10.4. The van der Waals surface area contributed by atoms with Gasteiger partial charge in [0.05, 0.1) is 13.7 Å². The summed E-state index contributed by atoms with van der Waals surface area (Å²) >= 11 is 0. The number of ketones is 1. The molecule has 0 aromatic heterocycles. The molecule has 0 aliphatic heterocycles. The minimum absolute atomic E-state index is 0.0444. The van der Waals surface area contributed by atoms with Crippen LogP contribution in [0.3, 0.4) is 0 Å². The maximum Gasteiger partial charge on any atom is 0.302 e. The lowest BCUT2D eigenvalue weighted by atomic mass is 9.97. The summed E-state index contributed by atoms with van der Waals surface area (Å²) in [4.78, 5) is 37.7. The third kappa shape index (κ3) is 8.79. The molecule has 8 nitrogen and oxygen atoms in total. The summed E-state index contributed by atoms with van der Waals surface area (Å²) in [7, 11) is -1.49. The Kier molecular flexibility index (Phi) is 12.3. The Morgan fingerprint density at radius 2 is 1.19 bits per heavy atom. The van der Waals surface area contributed by atoms with E-state index in [4.69, 9.17) is 23.4 Å². The van der Waals surface area contributed by atoms with Gasteiger partial charge in [0.1, 0.15) is 19.8 Å². The Bertz CT molecular complexity index is 1640. The van der Waals surface area contributed by atoms with E-state index >= 15 is 0 Å². The summed E-state index contributed by atoms with van der Waals surface area (Å²) in [6.45, 7) is 8.91. The highest BCUT2D eigenvalue weighted by molar-refractivity contribution is 6.99. The van der Waals surface area contributed by atoms with Crippen LogP contribution < -0.4 is 19.8 Å². The molecule has 0 saturated carbocycles. The standard InChI is InChI=1S/C39H44O8Si/c1-28(40)44-25-32-22-31(36(27-45-29(2)41)38(43-6)37(32)46-24-30-16-10-7-11-17-30)23-33(42)26-47-48(39(3,4)5,34-18-12-8-13-19-34)35-20-14-9-15-21-35/h7-22H,23-27H2,1-6H3. The van der Waals surface area contributed by atoms with Crippen LogP contribution in [0.2, 0.25) is 5.04 Å². The first kappa shape index (κ1) is 36.1. The molecule has 0 radical (unpaired) electrons. The first-order valence-corrected chi connectivity index (χ1v) is 17.8. The van der Waals surface area contributed by atoms with Gasteiger partial charge < -0.3 is 23.4 Å². The highest BCUT2D eigenvalue weighted by Gasteiger charge is 2.50. The molecule has 48 heavy (non-hydrogen) atoms. The van der Waals surface area contributed by atoms with Gasteiger partial charge in [0.2, 0.25) is 0 Å². The van der Waals surface area contributed by atoms with E-state index in [9.17, 15) is 14.4 Å². The van der Waals surface area contributed by atoms with Crippen molar-refractivity contribution < 1.29 is 37.8 Å². The van der Waals surface area contributed by atoms with Gasteiger partial charge >= 0.3 is 11.9 Å². The van der Waals surface area contributed by atoms with Crippen LogP contribution in [-0.2, 0) is 54.5 Å². The van der Waals surface area contributed by atoms with Crippen LogP contribution in [0.5, 0.6) is 11.5 Å². The second-order valence-electron chi connectivity index (χ2n) is 12.5. The predicted octanol–water partition coefficient (Wildman–Crippen LogP) is 6.09. The smallest absolute Gasteiger partial charge is 0.302 e. The van der Waals surface area contributed by atoms with Crippen molar-refractivity contribution >= 4 is 36.4 Å². The quantitative estimate of drug-likeness (QED) is 0.111. The van der Waals surface area contributed by atoms with Crippen molar-refractivity contribution in [3.63, 3.8) is 0 Å². The van der Waals surface area contributed by atoms with E-state index < -0.39 is 20.3 Å². The van der Waals surface area contributed by atoms with E-state index in [1.54, 1.807) is 6.07 Å². The van der Waals surface area contributed by atoms with Gasteiger partial charge in [0.15, 0.2) is 17.3 Å². The molecule has 0 aliphatic carbocycles. The zero-order valence-corrected chi connectivity index (χ0v) is 29.5. The first-order valence-electron chi connectivity index (χ1n) is 15.9. The normalized spacial score (nSPS) is 11.5. The Hall–Kier alpha value is -4.73. The minimum atomic E-state index is -2.97. The Balaban J connectivity index is 1.74. The average Bonchev–Trinajstić information content (AvgIpc) is 3.06. The van der Waals surface area contributed by atoms with E-state index in [0.29, 0.717) is 28.2 Å². The molecule has 4 aromatic rings. The molecule has 0 aliphatic rings. The number of hydrogen-bond acceptors (Lipinski definition) is 8. The zero-order chi connectivity index (χ0) is 34.7. The van der Waals surface area contributed by atoms with Crippen LogP contribution in [-0.4, -0.2) is 39.8 Å². The summed E-state index contributed by atoms with van der Waals surface area (Å²) in [6.07, 6.45) is -0.0444. The first-order chi connectivity index (χ1) is 23.0. The van der Waals surface area contributed by atoms with Crippen molar-refractivity contribution in [1.29, 1.82) is 0 Å². The molecular formula is C39H44O8Si. The van der Waals surface area contributed by atoms with Crippen LogP contribution in [0, 0.1) is 0 Å². The third-order valence-electron chi connectivity index (χ3n) is 8.04. The minimum Gasteiger partial charge on any atom is -0.492 e. The van der Waals surface area contributed by atoms with Gasteiger partial charge in [-0.15, -0.1) is 0 Å². The number of ether oxygens (including phenoxy) is 4. The van der Waals surface area contributed by atoms with Gasteiger partial charge in [0, 0.05) is 31.4 Å². The molecule has 0 saturated heterocycles. The van der Waals surface area contributed by atoms with Crippen molar-refractivity contribution in [3.8, 4) is 11.5 Å². The van der Waals surface area contributed by atoms with Gasteiger partial charge in [-0.05, 0) is 32.6 Å². The monoisotopic (exact) mass is 668 g/mol. The Labute approximate surface area is 284 Å². The van der Waals surface area contributed by atoms with Crippen molar-refractivity contribution in [1.82, 2.24) is 0 Å². The summed E-state index contributed by atoms with van der Waals surface area (Å²) in [5.74, 6) is -0.494. The zero-order valence-electron chi connectivity index (χ0n) is 28.5. The van der Waals surface area contributed by atoms with E-state index in [-0.39, 0.29) is 43.7 Å². The number of rotatable bonds is 15. The number of carbonyl (C=O) groups is 3. The van der Waals surface area contributed by atoms with Crippen molar-refractivity contribution in [2.24, 2.45) is 0 Å². The molecule has 0 atom stereocenters. The van der Waals surface area contributed by atoms with Gasteiger partial charge in [0.25, 0.3) is 8.32 Å². The number of Topliss-reactive ketones (excluding diaryl/α,β-unsaturated/α-hetero) is 1. The molecule has 4 rings (SSSR count). The van der Waals surface area contributed by atoms with Crippen molar-refractivity contribution in [3.05, 3.63) is 119 Å². The molecule has 252 valence electrons. The second kappa shape index (κ2) is 16.4. The number of carbonyl (C=O) groups excluding carboxylic acids is 3. The molecular weight excluding hydrogens is 625 g/mol. The molecule has 9 heteroatoms. The number of benzene rings is 4. The van der Waals surface area contributed by atoms with Crippen LogP contribution in [0.15, 0.2) is 97.1 Å². The van der Waals surface area contributed by atoms with Gasteiger partial charge in [-0.3, -0.25) is 14.4 Å². The Morgan fingerprint density at radius 3 is 1.69 bits per heavy atom.